The van der Waals surface area contributed by atoms with Gasteiger partial charge in [-0.2, -0.15) is 4.90 Å². The maximum atomic E-state index is 11.3. The second-order valence-corrected chi connectivity index (χ2v) is 3.22. The highest BCUT2D eigenvalue weighted by atomic mass is 16.6. The quantitative estimate of drug-likeness (QED) is 0.451. The molecular weight excluding hydrogens is 204 g/mol. The monoisotopic (exact) mass is 214 g/mol. The van der Waals surface area contributed by atoms with Crippen molar-refractivity contribution in [3.8, 4) is 0 Å². The van der Waals surface area contributed by atoms with E-state index in [0.29, 0.717) is 4.90 Å². The maximum Gasteiger partial charge on any atom is 0.425 e. The lowest BCUT2D eigenvalue weighted by Crippen LogP contribution is -2.38. The van der Waals surface area contributed by atoms with E-state index >= 15 is 0 Å². The summed E-state index contributed by atoms with van der Waals surface area (Å²) in [6.45, 7) is 3.13. The van der Waals surface area contributed by atoms with Gasteiger partial charge in [0.15, 0.2) is 0 Å². The fraction of sp³-hybridized carbons (Fsp3) is 0.500. The van der Waals surface area contributed by atoms with Crippen LogP contribution in [0, 0.1) is 0 Å². The molecule has 15 heavy (non-hydrogen) atoms. The lowest BCUT2D eigenvalue weighted by Gasteiger charge is -2.13. The molecule has 5 amide bonds. The Balaban J connectivity index is 2.88. The number of hydrogen-bond acceptors (Lipinski definition) is 5. The van der Waals surface area contributed by atoms with Crippen molar-refractivity contribution in [2.75, 3.05) is 7.05 Å². The summed E-state index contributed by atoms with van der Waals surface area (Å²) in [6.07, 6.45) is -1.60. The number of imide groups is 4. The summed E-state index contributed by atoms with van der Waals surface area (Å²) in [6, 6.07) is -0.990. The van der Waals surface area contributed by atoms with Crippen molar-refractivity contribution >= 4 is 23.9 Å². The number of rotatable bonds is 1. The Hall–Kier alpha value is -1.92. The van der Waals surface area contributed by atoms with Gasteiger partial charge in [0.1, 0.15) is 0 Å². The Morgan fingerprint density at radius 3 is 2.07 bits per heavy atom. The van der Waals surface area contributed by atoms with Gasteiger partial charge < -0.3 is 4.74 Å². The van der Waals surface area contributed by atoms with Gasteiger partial charge in [-0.3, -0.25) is 14.5 Å². The largest absolute Gasteiger partial charge is 0.446 e. The molecule has 1 fully saturated rings. The van der Waals surface area contributed by atoms with Crippen molar-refractivity contribution in [1.82, 2.24) is 9.80 Å². The standard InChI is InChI=1S/C8H10N2O5/c1-4(2)15-8(14)10-6(12)5(11)9(3)7(10)13/h4H,1-3H3. The molecule has 1 rings (SSSR count). The molecule has 7 heteroatoms. The minimum atomic E-state index is -1.19. The van der Waals surface area contributed by atoms with Gasteiger partial charge in [-0.15, -0.1) is 0 Å². The first-order chi connectivity index (χ1) is 6.86. The molecule has 0 saturated carbocycles. The molecule has 1 saturated heterocycles. The highest BCUT2D eigenvalue weighted by molar-refractivity contribution is 6.47. The minimum absolute atomic E-state index is 0.183. The lowest BCUT2D eigenvalue weighted by molar-refractivity contribution is -0.142. The number of hydrogen-bond donors (Lipinski definition) is 0. The molecule has 0 aliphatic carbocycles. The molecular formula is C8H10N2O5. The van der Waals surface area contributed by atoms with E-state index in [1.54, 1.807) is 13.8 Å². The van der Waals surface area contributed by atoms with E-state index in [1.165, 1.54) is 0 Å². The molecule has 0 N–H and O–H groups in total. The average Bonchev–Trinajstić information content (AvgIpc) is 2.30. The first-order valence-electron chi connectivity index (χ1n) is 4.23. The third kappa shape index (κ3) is 1.80. The zero-order chi connectivity index (χ0) is 11.7. The van der Waals surface area contributed by atoms with Gasteiger partial charge in [0.25, 0.3) is 0 Å². The van der Waals surface area contributed by atoms with Crippen molar-refractivity contribution in [3.05, 3.63) is 0 Å². The van der Waals surface area contributed by atoms with Crippen LogP contribution in [0.4, 0.5) is 9.59 Å². The molecule has 0 spiro atoms. The molecule has 0 aromatic heterocycles. The predicted molar refractivity (Wildman–Crippen MR) is 46.6 cm³/mol. The van der Waals surface area contributed by atoms with Gasteiger partial charge in [0.2, 0.25) is 0 Å². The van der Waals surface area contributed by atoms with Crippen LogP contribution in [0.3, 0.4) is 0 Å². The fourth-order valence-corrected chi connectivity index (χ4v) is 0.978. The number of carbonyl (C=O) groups is 4. The van der Waals surface area contributed by atoms with E-state index in [1.807, 2.05) is 0 Å². The summed E-state index contributed by atoms with van der Waals surface area (Å²) in [7, 11) is 1.12. The summed E-state index contributed by atoms with van der Waals surface area (Å²) in [5.41, 5.74) is 0. The summed E-state index contributed by atoms with van der Waals surface area (Å²) >= 11 is 0. The summed E-state index contributed by atoms with van der Waals surface area (Å²) in [5, 5.41) is 0. The highest BCUT2D eigenvalue weighted by Gasteiger charge is 2.47. The van der Waals surface area contributed by atoms with Crippen LogP contribution in [0.15, 0.2) is 0 Å². The number of nitrogens with zero attached hydrogens (tertiary/aromatic N) is 2. The van der Waals surface area contributed by atoms with Crippen LogP contribution in [0.1, 0.15) is 13.8 Å². The van der Waals surface area contributed by atoms with Crippen LogP contribution in [-0.2, 0) is 14.3 Å². The Bertz CT molecular complexity index is 349. The van der Waals surface area contributed by atoms with Crippen molar-refractivity contribution in [2.45, 2.75) is 20.0 Å². The van der Waals surface area contributed by atoms with Crippen LogP contribution in [0.25, 0.3) is 0 Å². The first kappa shape index (κ1) is 11.2. The molecule has 0 bridgehead atoms. The second-order valence-electron chi connectivity index (χ2n) is 3.22. The van der Waals surface area contributed by atoms with Crippen LogP contribution in [0.2, 0.25) is 0 Å². The lowest BCUT2D eigenvalue weighted by atomic mass is 10.5. The molecule has 7 nitrogen and oxygen atoms in total. The molecule has 1 aliphatic heterocycles. The number of likely N-dealkylation sites (N-methyl/N-ethyl adjacent to an activating group) is 1. The number of amides is 5. The van der Waals surface area contributed by atoms with Crippen LogP contribution in [0.5, 0.6) is 0 Å². The van der Waals surface area contributed by atoms with Crippen molar-refractivity contribution < 1.29 is 23.9 Å². The second kappa shape index (κ2) is 3.68. The molecule has 0 unspecified atom stereocenters. The molecule has 0 atom stereocenters. The van der Waals surface area contributed by atoms with E-state index in [-0.39, 0.29) is 4.90 Å². The third-order valence-electron chi connectivity index (χ3n) is 1.69. The molecule has 1 aliphatic rings. The van der Waals surface area contributed by atoms with Crippen molar-refractivity contribution in [1.29, 1.82) is 0 Å². The topological polar surface area (TPSA) is 84.0 Å². The van der Waals surface area contributed by atoms with Crippen molar-refractivity contribution in [2.24, 2.45) is 0 Å². The Morgan fingerprint density at radius 1 is 1.20 bits per heavy atom. The zero-order valence-electron chi connectivity index (χ0n) is 8.51. The fourth-order valence-electron chi connectivity index (χ4n) is 0.978. The normalized spacial score (nSPS) is 16.7. The average molecular weight is 214 g/mol. The highest BCUT2D eigenvalue weighted by Crippen LogP contribution is 2.11. The third-order valence-corrected chi connectivity index (χ3v) is 1.69. The van der Waals surface area contributed by atoms with E-state index < -0.39 is 30.0 Å². The molecule has 82 valence electrons. The first-order valence-corrected chi connectivity index (χ1v) is 4.23. The number of carbonyl (C=O) groups excluding carboxylic acids is 4. The van der Waals surface area contributed by atoms with E-state index in [4.69, 9.17) is 0 Å². The molecule has 0 aromatic rings. The SMILES string of the molecule is CC(C)OC(=O)N1C(=O)C(=O)N(C)C1=O. The summed E-state index contributed by atoms with van der Waals surface area (Å²) in [4.78, 5) is 45.4. The molecule has 1 heterocycles. The predicted octanol–water partition coefficient (Wildman–Crippen LogP) is -0.0480. The van der Waals surface area contributed by atoms with Crippen LogP contribution < -0.4 is 0 Å². The number of ether oxygens (including phenoxy) is 1. The van der Waals surface area contributed by atoms with E-state index in [9.17, 15) is 19.2 Å². The van der Waals surface area contributed by atoms with E-state index in [0.717, 1.165) is 7.05 Å². The minimum Gasteiger partial charge on any atom is -0.446 e. The Labute approximate surface area is 85.6 Å². The van der Waals surface area contributed by atoms with Crippen LogP contribution in [-0.4, -0.2) is 46.9 Å². The van der Waals surface area contributed by atoms with Crippen LogP contribution >= 0.6 is 0 Å². The van der Waals surface area contributed by atoms with Gasteiger partial charge >= 0.3 is 23.9 Å². The van der Waals surface area contributed by atoms with Gasteiger partial charge in [-0.05, 0) is 13.8 Å². The van der Waals surface area contributed by atoms with Gasteiger partial charge in [-0.25, -0.2) is 9.59 Å². The maximum absolute atomic E-state index is 11.3. The Morgan fingerprint density at radius 2 is 1.73 bits per heavy atom. The Kier molecular flexibility index (Phi) is 2.74. The van der Waals surface area contributed by atoms with Crippen molar-refractivity contribution in [3.63, 3.8) is 0 Å². The van der Waals surface area contributed by atoms with E-state index in [2.05, 4.69) is 4.74 Å². The van der Waals surface area contributed by atoms with Gasteiger partial charge in [0.05, 0.1) is 6.10 Å². The number of urea groups is 1. The van der Waals surface area contributed by atoms with Gasteiger partial charge in [-0.1, -0.05) is 0 Å². The summed E-state index contributed by atoms with van der Waals surface area (Å²) in [5.74, 6) is -2.23. The zero-order valence-corrected chi connectivity index (χ0v) is 8.51. The smallest absolute Gasteiger partial charge is 0.425 e. The van der Waals surface area contributed by atoms with Gasteiger partial charge in [0, 0.05) is 7.05 Å². The molecule has 0 aromatic carbocycles. The molecule has 0 radical (unpaired) electrons. The summed E-state index contributed by atoms with van der Waals surface area (Å²) < 4.78 is 4.64.